The number of aliphatic hydroxyl groups excluding tert-OH is 1. The zero-order valence-corrected chi connectivity index (χ0v) is 12.1. The first kappa shape index (κ1) is 15.7. The highest BCUT2D eigenvalue weighted by Crippen LogP contribution is 2.15. The first-order chi connectivity index (χ1) is 10.1. The summed E-state index contributed by atoms with van der Waals surface area (Å²) >= 11 is 0. The molecule has 1 aromatic rings. The number of carbonyl (C=O) groups is 1. The number of carboxylic acid groups (broad SMARTS) is 1. The topological polar surface area (TPSA) is 70.0 Å². The Bertz CT molecular complexity index is 515. The van der Waals surface area contributed by atoms with Crippen LogP contribution in [0.15, 0.2) is 30.3 Å². The molecule has 2 N–H and O–H groups in total. The van der Waals surface area contributed by atoms with Gasteiger partial charge in [-0.1, -0.05) is 24.3 Å². The van der Waals surface area contributed by atoms with Gasteiger partial charge in [-0.25, -0.2) is 4.79 Å². The van der Waals surface area contributed by atoms with Crippen molar-refractivity contribution in [3.63, 3.8) is 0 Å². The maximum Gasteiger partial charge on any atom is 0.328 e. The van der Waals surface area contributed by atoms with Crippen molar-refractivity contribution in [2.75, 3.05) is 19.7 Å². The third-order valence-corrected chi connectivity index (χ3v) is 3.38. The van der Waals surface area contributed by atoms with Crippen LogP contribution in [0.1, 0.15) is 18.1 Å². The fourth-order valence-electron chi connectivity index (χ4n) is 2.59. The van der Waals surface area contributed by atoms with Gasteiger partial charge < -0.3 is 14.9 Å². The summed E-state index contributed by atoms with van der Waals surface area (Å²) in [7, 11) is 0. The van der Waals surface area contributed by atoms with Crippen LogP contribution in [0.3, 0.4) is 0 Å². The SMILES string of the molecule is CC1CN(Cc2cccc(/C=C/C(=O)O)c2)CC(CO)O1. The van der Waals surface area contributed by atoms with Crippen LogP contribution in [-0.4, -0.2) is 53.0 Å². The summed E-state index contributed by atoms with van der Waals surface area (Å²) in [6.45, 7) is 4.32. The number of aliphatic carboxylic acids is 1. The van der Waals surface area contributed by atoms with Crippen molar-refractivity contribution in [1.29, 1.82) is 0 Å². The minimum atomic E-state index is -0.951. The van der Waals surface area contributed by atoms with Crippen molar-refractivity contribution in [2.24, 2.45) is 0 Å². The molecule has 1 aliphatic rings. The molecule has 0 spiro atoms. The van der Waals surface area contributed by atoms with E-state index in [1.165, 1.54) is 0 Å². The Morgan fingerprint density at radius 3 is 3.00 bits per heavy atom. The maximum absolute atomic E-state index is 10.5. The van der Waals surface area contributed by atoms with Crippen LogP contribution in [0.25, 0.3) is 6.08 Å². The van der Waals surface area contributed by atoms with Gasteiger partial charge in [0.05, 0.1) is 18.8 Å². The zero-order valence-electron chi connectivity index (χ0n) is 12.1. The van der Waals surface area contributed by atoms with Gasteiger partial charge in [0, 0.05) is 25.7 Å². The Morgan fingerprint density at radius 1 is 1.48 bits per heavy atom. The van der Waals surface area contributed by atoms with Gasteiger partial charge >= 0.3 is 5.97 Å². The fraction of sp³-hybridized carbons (Fsp3) is 0.438. The number of benzene rings is 1. The molecule has 0 aromatic heterocycles. The summed E-state index contributed by atoms with van der Waals surface area (Å²) in [5.41, 5.74) is 1.99. The highest BCUT2D eigenvalue weighted by molar-refractivity contribution is 5.85. The molecule has 5 heteroatoms. The molecule has 5 nitrogen and oxygen atoms in total. The van der Waals surface area contributed by atoms with Gasteiger partial charge in [-0.2, -0.15) is 0 Å². The lowest BCUT2D eigenvalue weighted by atomic mass is 10.1. The normalized spacial score (nSPS) is 23.5. The molecule has 1 heterocycles. The van der Waals surface area contributed by atoms with Crippen molar-refractivity contribution in [3.8, 4) is 0 Å². The Hall–Kier alpha value is -1.69. The number of morpholine rings is 1. The number of aliphatic hydroxyl groups is 1. The van der Waals surface area contributed by atoms with E-state index in [0.717, 1.165) is 30.3 Å². The van der Waals surface area contributed by atoms with E-state index < -0.39 is 5.97 Å². The second-order valence-corrected chi connectivity index (χ2v) is 5.36. The summed E-state index contributed by atoms with van der Waals surface area (Å²) < 4.78 is 5.62. The van der Waals surface area contributed by atoms with Crippen molar-refractivity contribution in [2.45, 2.75) is 25.7 Å². The Labute approximate surface area is 124 Å². The highest BCUT2D eigenvalue weighted by Gasteiger charge is 2.24. The van der Waals surface area contributed by atoms with Gasteiger partial charge in [0.2, 0.25) is 0 Å². The predicted octanol–water partition coefficient (Wildman–Crippen LogP) is 1.37. The molecule has 1 aliphatic heterocycles. The summed E-state index contributed by atoms with van der Waals surface area (Å²) in [4.78, 5) is 12.8. The van der Waals surface area contributed by atoms with E-state index in [9.17, 15) is 9.90 Å². The van der Waals surface area contributed by atoms with Crippen LogP contribution in [0.4, 0.5) is 0 Å². The van der Waals surface area contributed by atoms with E-state index >= 15 is 0 Å². The predicted molar refractivity (Wildman–Crippen MR) is 79.8 cm³/mol. The summed E-state index contributed by atoms with van der Waals surface area (Å²) in [5, 5.41) is 17.9. The largest absolute Gasteiger partial charge is 0.478 e. The minimum absolute atomic E-state index is 0.0300. The molecule has 1 aromatic carbocycles. The van der Waals surface area contributed by atoms with Crippen LogP contribution in [0.5, 0.6) is 0 Å². The van der Waals surface area contributed by atoms with Crippen LogP contribution >= 0.6 is 0 Å². The van der Waals surface area contributed by atoms with E-state index in [-0.39, 0.29) is 18.8 Å². The minimum Gasteiger partial charge on any atom is -0.478 e. The van der Waals surface area contributed by atoms with Crippen LogP contribution < -0.4 is 0 Å². The molecular weight excluding hydrogens is 270 g/mol. The summed E-state index contributed by atoms with van der Waals surface area (Å²) in [6, 6.07) is 7.80. The van der Waals surface area contributed by atoms with Gasteiger partial charge in [0.1, 0.15) is 0 Å². The number of hydrogen-bond donors (Lipinski definition) is 2. The molecule has 0 amide bonds. The molecule has 114 valence electrons. The van der Waals surface area contributed by atoms with Gasteiger partial charge in [-0.15, -0.1) is 0 Å². The number of hydrogen-bond acceptors (Lipinski definition) is 4. The van der Waals surface area contributed by atoms with E-state index in [4.69, 9.17) is 9.84 Å². The molecule has 0 saturated carbocycles. The average molecular weight is 291 g/mol. The quantitative estimate of drug-likeness (QED) is 0.802. The van der Waals surface area contributed by atoms with Gasteiger partial charge in [-0.3, -0.25) is 4.90 Å². The van der Waals surface area contributed by atoms with Gasteiger partial charge in [-0.05, 0) is 24.1 Å². The Morgan fingerprint density at radius 2 is 2.29 bits per heavy atom. The summed E-state index contributed by atoms with van der Waals surface area (Å²) in [6.07, 6.45) is 2.69. The van der Waals surface area contributed by atoms with Crippen molar-refractivity contribution < 1.29 is 19.7 Å². The lowest BCUT2D eigenvalue weighted by Gasteiger charge is -2.36. The first-order valence-electron chi connectivity index (χ1n) is 7.05. The second-order valence-electron chi connectivity index (χ2n) is 5.36. The molecule has 21 heavy (non-hydrogen) atoms. The molecule has 1 saturated heterocycles. The van der Waals surface area contributed by atoms with E-state index in [2.05, 4.69) is 4.90 Å². The van der Waals surface area contributed by atoms with Crippen LogP contribution in [-0.2, 0) is 16.1 Å². The molecule has 2 atom stereocenters. The van der Waals surface area contributed by atoms with Crippen molar-refractivity contribution in [1.82, 2.24) is 4.90 Å². The molecule has 0 radical (unpaired) electrons. The van der Waals surface area contributed by atoms with E-state index in [1.54, 1.807) is 6.08 Å². The number of carboxylic acids is 1. The highest BCUT2D eigenvalue weighted by atomic mass is 16.5. The Kier molecular flexibility index (Phi) is 5.50. The average Bonchev–Trinajstić information content (AvgIpc) is 2.45. The molecule has 2 unspecified atom stereocenters. The van der Waals surface area contributed by atoms with Crippen molar-refractivity contribution >= 4 is 12.0 Å². The first-order valence-corrected chi connectivity index (χ1v) is 7.05. The third kappa shape index (κ3) is 4.97. The lowest BCUT2D eigenvalue weighted by molar-refractivity contribution is -0.131. The Balaban J connectivity index is 2.02. The van der Waals surface area contributed by atoms with Crippen LogP contribution in [0.2, 0.25) is 0 Å². The third-order valence-electron chi connectivity index (χ3n) is 3.38. The number of nitrogens with zero attached hydrogens (tertiary/aromatic N) is 1. The monoisotopic (exact) mass is 291 g/mol. The van der Waals surface area contributed by atoms with Crippen LogP contribution in [0, 0.1) is 0 Å². The lowest BCUT2D eigenvalue weighted by Crippen LogP contribution is -2.47. The van der Waals surface area contributed by atoms with E-state index in [0.29, 0.717) is 6.54 Å². The molecule has 0 bridgehead atoms. The van der Waals surface area contributed by atoms with E-state index in [1.807, 2.05) is 31.2 Å². The molecular formula is C16H21NO4. The number of ether oxygens (including phenoxy) is 1. The second kappa shape index (κ2) is 7.36. The molecule has 1 fully saturated rings. The maximum atomic E-state index is 10.5. The fourth-order valence-corrected chi connectivity index (χ4v) is 2.59. The van der Waals surface area contributed by atoms with Gasteiger partial charge in [0.25, 0.3) is 0 Å². The zero-order chi connectivity index (χ0) is 15.2. The van der Waals surface area contributed by atoms with Gasteiger partial charge in [0.15, 0.2) is 0 Å². The summed E-state index contributed by atoms with van der Waals surface area (Å²) in [5.74, 6) is -0.951. The smallest absolute Gasteiger partial charge is 0.328 e. The standard InChI is InChI=1S/C16H21NO4/c1-12-8-17(10-15(11-18)21-12)9-14-4-2-3-13(7-14)5-6-16(19)20/h2-7,12,15,18H,8-11H2,1H3,(H,19,20)/b6-5+. The number of rotatable bonds is 5. The van der Waals surface area contributed by atoms with Crippen molar-refractivity contribution in [3.05, 3.63) is 41.5 Å². The molecule has 0 aliphatic carbocycles. The molecule has 2 rings (SSSR count).